The van der Waals surface area contributed by atoms with E-state index in [2.05, 4.69) is 5.32 Å². The van der Waals surface area contributed by atoms with Crippen LogP contribution in [0.15, 0.2) is 54.6 Å². The molecule has 0 radical (unpaired) electrons. The fourth-order valence-electron chi connectivity index (χ4n) is 5.45. The Bertz CT molecular complexity index is 1200. The third kappa shape index (κ3) is 7.03. The van der Waals surface area contributed by atoms with E-state index >= 15 is 0 Å². The van der Waals surface area contributed by atoms with E-state index in [4.69, 9.17) is 14.2 Å². The minimum Gasteiger partial charge on any atom is -0.465 e. The van der Waals surface area contributed by atoms with Crippen molar-refractivity contribution in [3.63, 3.8) is 0 Å². The highest BCUT2D eigenvalue weighted by molar-refractivity contribution is 5.98. The second-order valence-electron chi connectivity index (χ2n) is 11.4. The topological polar surface area (TPSA) is 108 Å². The number of methoxy groups -OCH3 is 1. The van der Waals surface area contributed by atoms with Crippen molar-refractivity contribution in [3.05, 3.63) is 71.3 Å². The van der Waals surface area contributed by atoms with Crippen LogP contribution in [0.2, 0.25) is 0 Å². The van der Waals surface area contributed by atoms with Gasteiger partial charge in [-0.2, -0.15) is 0 Å². The second kappa shape index (κ2) is 11.6. The molecule has 3 heterocycles. The lowest BCUT2D eigenvalue weighted by atomic mass is 9.82. The van der Waals surface area contributed by atoms with Crippen molar-refractivity contribution in [2.45, 2.75) is 51.4 Å². The molecule has 3 aliphatic rings. The zero-order valence-corrected chi connectivity index (χ0v) is 23.0. The van der Waals surface area contributed by atoms with Gasteiger partial charge >= 0.3 is 18.0 Å². The monoisotopic (exact) mass is 537 g/mol. The van der Waals surface area contributed by atoms with Gasteiger partial charge in [0.25, 0.3) is 0 Å². The summed E-state index contributed by atoms with van der Waals surface area (Å²) in [5, 5.41) is 2.68. The van der Waals surface area contributed by atoms with Crippen LogP contribution in [0.1, 0.15) is 65.9 Å². The summed E-state index contributed by atoms with van der Waals surface area (Å²) in [4.78, 5) is 50.9. The summed E-state index contributed by atoms with van der Waals surface area (Å²) in [7, 11) is 1.32. The first-order valence-electron chi connectivity index (χ1n) is 13.3. The number of ketones is 1. The normalized spacial score (nSPS) is 22.9. The molecule has 2 bridgehead atoms. The van der Waals surface area contributed by atoms with Gasteiger partial charge in [-0.05, 0) is 38.5 Å². The number of quaternary nitrogens is 1. The maximum absolute atomic E-state index is 13.4. The Morgan fingerprint density at radius 1 is 0.949 bits per heavy atom. The summed E-state index contributed by atoms with van der Waals surface area (Å²) in [6.07, 6.45) is 0.639. The zero-order chi connectivity index (χ0) is 28.2. The van der Waals surface area contributed by atoms with Gasteiger partial charge in [-0.1, -0.05) is 42.5 Å². The van der Waals surface area contributed by atoms with Crippen LogP contribution in [0, 0.1) is 5.92 Å². The number of hydrogen-bond donors (Lipinski definition) is 1. The largest absolute Gasteiger partial charge is 0.465 e. The molecule has 9 nitrogen and oxygen atoms in total. The lowest BCUT2D eigenvalue weighted by Crippen LogP contribution is -2.66. The van der Waals surface area contributed by atoms with Gasteiger partial charge in [-0.25, -0.2) is 14.4 Å². The third-order valence-corrected chi connectivity index (χ3v) is 7.45. The predicted molar refractivity (Wildman–Crippen MR) is 143 cm³/mol. The molecule has 5 rings (SSSR count). The molecule has 2 aromatic rings. The number of Topliss-reactive ketones (excluding diaryl/α,β-unsaturated/α-hetero) is 1. The molecule has 3 fully saturated rings. The van der Waals surface area contributed by atoms with Crippen LogP contribution in [0.4, 0.5) is 4.79 Å². The smallest absolute Gasteiger partial charge is 0.408 e. The minimum absolute atomic E-state index is 0.0226. The van der Waals surface area contributed by atoms with Gasteiger partial charge < -0.3 is 24.0 Å². The van der Waals surface area contributed by atoms with Gasteiger partial charge in [0.1, 0.15) is 18.7 Å². The molecule has 208 valence electrons. The van der Waals surface area contributed by atoms with Gasteiger partial charge in [0.05, 0.1) is 25.8 Å². The number of hydrogen-bond acceptors (Lipinski definition) is 7. The van der Waals surface area contributed by atoms with E-state index in [1.54, 1.807) is 69.3 Å². The fourth-order valence-corrected chi connectivity index (χ4v) is 5.45. The van der Waals surface area contributed by atoms with Crippen molar-refractivity contribution >= 4 is 23.8 Å². The molecule has 1 N–H and O–H groups in total. The Morgan fingerprint density at radius 2 is 1.56 bits per heavy atom. The molecule has 0 spiro atoms. The first-order valence-corrected chi connectivity index (χ1v) is 13.3. The first kappa shape index (κ1) is 28.3. The van der Waals surface area contributed by atoms with E-state index in [-0.39, 0.29) is 24.3 Å². The SMILES string of the molecule is COC(=O)c1ccc(C(=O)C[N+]23CCC(CC2)[C@@H](OC(=O)C(NC(=O)OC(C)(C)C)c2ccccc2)C3)cc1. The van der Waals surface area contributed by atoms with Crippen molar-refractivity contribution in [2.75, 3.05) is 33.3 Å². The number of fused-ring (bicyclic) bond motifs is 3. The maximum Gasteiger partial charge on any atom is 0.408 e. The summed E-state index contributed by atoms with van der Waals surface area (Å²) < 4.78 is 16.7. The Hall–Kier alpha value is -3.72. The number of nitrogens with one attached hydrogen (secondary N) is 1. The highest BCUT2D eigenvalue weighted by Gasteiger charge is 2.49. The molecular formula is C30H37N2O7+. The quantitative estimate of drug-likeness (QED) is 0.234. The molecule has 2 aromatic carbocycles. The van der Waals surface area contributed by atoms with E-state index in [9.17, 15) is 19.2 Å². The number of carbonyl (C=O) groups is 4. The average Bonchev–Trinajstić information content (AvgIpc) is 2.91. The number of piperidine rings is 3. The molecule has 0 saturated carbocycles. The second-order valence-corrected chi connectivity index (χ2v) is 11.4. The Morgan fingerprint density at radius 3 is 2.15 bits per heavy atom. The molecule has 1 unspecified atom stereocenters. The van der Waals surface area contributed by atoms with Crippen LogP contribution in [-0.4, -0.2) is 73.3 Å². The molecule has 39 heavy (non-hydrogen) atoms. The minimum atomic E-state index is -1.01. The number of carbonyl (C=O) groups excluding carboxylic acids is 4. The molecular weight excluding hydrogens is 500 g/mol. The highest BCUT2D eigenvalue weighted by Crippen LogP contribution is 2.36. The average molecular weight is 538 g/mol. The third-order valence-electron chi connectivity index (χ3n) is 7.45. The molecule has 3 saturated heterocycles. The van der Waals surface area contributed by atoms with Crippen LogP contribution in [0.3, 0.4) is 0 Å². The summed E-state index contributed by atoms with van der Waals surface area (Å²) in [6, 6.07) is 14.4. The first-order chi connectivity index (χ1) is 18.5. The number of esters is 2. The number of ether oxygens (including phenoxy) is 3. The van der Waals surface area contributed by atoms with Gasteiger partial charge in [0, 0.05) is 24.3 Å². The Balaban J connectivity index is 1.45. The zero-order valence-electron chi connectivity index (χ0n) is 23.0. The van der Waals surface area contributed by atoms with Crippen LogP contribution in [0.5, 0.6) is 0 Å². The lowest BCUT2D eigenvalue weighted by Gasteiger charge is -2.51. The van der Waals surface area contributed by atoms with Crippen molar-refractivity contribution in [1.29, 1.82) is 0 Å². The summed E-state index contributed by atoms with van der Waals surface area (Å²) in [6.45, 7) is 7.77. The van der Waals surface area contributed by atoms with Crippen molar-refractivity contribution in [2.24, 2.45) is 5.92 Å². The fraction of sp³-hybridized carbons (Fsp3) is 0.467. The highest BCUT2D eigenvalue weighted by atomic mass is 16.6. The predicted octanol–water partition coefficient (Wildman–Crippen LogP) is 4.07. The van der Waals surface area contributed by atoms with Crippen LogP contribution >= 0.6 is 0 Å². The van der Waals surface area contributed by atoms with E-state index in [0.717, 1.165) is 25.9 Å². The Labute approximate surface area is 229 Å². The number of alkyl carbamates (subject to hydrolysis) is 1. The van der Waals surface area contributed by atoms with Crippen molar-refractivity contribution in [1.82, 2.24) is 5.32 Å². The van der Waals surface area contributed by atoms with Crippen molar-refractivity contribution in [3.8, 4) is 0 Å². The number of benzene rings is 2. The molecule has 1 amide bonds. The van der Waals surface area contributed by atoms with E-state index in [0.29, 0.717) is 27.7 Å². The molecule has 2 atom stereocenters. The van der Waals surface area contributed by atoms with Gasteiger partial charge in [-0.15, -0.1) is 0 Å². The maximum atomic E-state index is 13.4. The molecule has 0 aliphatic carbocycles. The number of amides is 1. The van der Waals surface area contributed by atoms with Gasteiger partial charge in [-0.3, -0.25) is 4.79 Å². The Kier molecular flexibility index (Phi) is 8.39. The summed E-state index contributed by atoms with van der Waals surface area (Å²) in [5.41, 5.74) is 0.805. The van der Waals surface area contributed by atoms with E-state index < -0.39 is 29.7 Å². The molecule has 0 aromatic heterocycles. The number of rotatable bonds is 8. The van der Waals surface area contributed by atoms with Crippen LogP contribution in [0.25, 0.3) is 0 Å². The van der Waals surface area contributed by atoms with E-state index in [1.807, 2.05) is 6.07 Å². The standard InChI is InChI=1S/C30H36N2O7/c1-30(2,3)39-29(36)31-26(22-8-6-5-7-9-22)28(35)38-25-19-32(16-14-21(25)15-17-32)18-24(33)20-10-12-23(13-11-20)27(34)37-4/h5-13,21,25-26H,14-19H2,1-4H3/p+1/t21?,25-,26?,32?/m0/s1. The van der Waals surface area contributed by atoms with Crippen molar-refractivity contribution < 1.29 is 37.9 Å². The molecule has 9 heteroatoms. The van der Waals surface area contributed by atoms with Crippen LogP contribution < -0.4 is 5.32 Å². The van der Waals surface area contributed by atoms with E-state index in [1.165, 1.54) is 7.11 Å². The summed E-state index contributed by atoms with van der Waals surface area (Å²) in [5.74, 6) is -0.811. The lowest BCUT2D eigenvalue weighted by molar-refractivity contribution is -0.938. The molecule has 3 aliphatic heterocycles. The van der Waals surface area contributed by atoms with Crippen LogP contribution in [-0.2, 0) is 19.0 Å². The van der Waals surface area contributed by atoms with Gasteiger partial charge in [0.15, 0.2) is 12.1 Å². The number of nitrogens with zero attached hydrogens (tertiary/aromatic N) is 1. The summed E-state index contributed by atoms with van der Waals surface area (Å²) >= 11 is 0. The van der Waals surface area contributed by atoms with Gasteiger partial charge in [0.2, 0.25) is 5.78 Å².